The monoisotopic (exact) mass is 436 g/mol. The Hall–Kier alpha value is -1.14. The number of carbonyl (C=O) groups is 2. The van der Waals surface area contributed by atoms with Crippen LogP contribution in [0.2, 0.25) is 0 Å². The molecule has 0 aromatic rings. The number of hydrogen-bond acceptors (Lipinski definition) is 4. The maximum Gasteiger partial charge on any atom is 0.225 e. The van der Waals surface area contributed by atoms with Crippen molar-refractivity contribution in [2.45, 2.75) is 84.8 Å². The second-order valence-electron chi connectivity index (χ2n) is 11.0. The van der Waals surface area contributed by atoms with Gasteiger partial charge in [-0.25, -0.2) is 0 Å². The predicted molar refractivity (Wildman–Crippen MR) is 121 cm³/mol. The third-order valence-electron chi connectivity index (χ3n) is 8.89. The van der Waals surface area contributed by atoms with Gasteiger partial charge in [-0.3, -0.25) is 9.59 Å². The summed E-state index contributed by atoms with van der Waals surface area (Å²) in [6.45, 7) is 10.9. The zero-order valence-corrected chi connectivity index (χ0v) is 20.2. The van der Waals surface area contributed by atoms with E-state index >= 15 is 0 Å². The number of rotatable bonds is 6. The van der Waals surface area contributed by atoms with Gasteiger partial charge in [-0.05, 0) is 67.6 Å². The lowest BCUT2D eigenvalue weighted by Crippen LogP contribution is -2.58. The van der Waals surface area contributed by atoms with Crippen LogP contribution in [0.4, 0.5) is 0 Å². The van der Waals surface area contributed by atoms with Crippen LogP contribution in [-0.4, -0.2) is 60.8 Å². The number of hydrogen-bond donors (Lipinski definition) is 2. The number of piperidine rings is 1. The number of fused-ring (bicyclic) bond motifs is 1. The topological polar surface area (TPSA) is 78.9 Å². The fraction of sp³-hybridized carbons (Fsp3) is 0.920. The van der Waals surface area contributed by atoms with Gasteiger partial charge in [0.25, 0.3) is 0 Å². The lowest BCUT2D eigenvalue weighted by Gasteiger charge is -2.56. The lowest BCUT2D eigenvalue weighted by molar-refractivity contribution is -0.152. The van der Waals surface area contributed by atoms with Gasteiger partial charge in [0.05, 0.1) is 12.7 Å². The van der Waals surface area contributed by atoms with E-state index in [0.29, 0.717) is 18.9 Å². The summed E-state index contributed by atoms with van der Waals surface area (Å²) in [5.74, 6) is 1.05. The number of ether oxygens (including phenoxy) is 1. The molecule has 1 heterocycles. The molecule has 178 valence electrons. The Labute approximate surface area is 188 Å². The number of amides is 2. The first-order chi connectivity index (χ1) is 14.7. The molecule has 6 heteroatoms. The van der Waals surface area contributed by atoms with Crippen molar-refractivity contribution >= 4 is 11.8 Å². The van der Waals surface area contributed by atoms with Crippen LogP contribution in [0.25, 0.3) is 0 Å². The fourth-order valence-electron chi connectivity index (χ4n) is 6.67. The number of aliphatic hydroxyl groups is 1. The van der Waals surface area contributed by atoms with E-state index in [-0.39, 0.29) is 46.9 Å². The Morgan fingerprint density at radius 3 is 2.45 bits per heavy atom. The molecule has 1 saturated heterocycles. The minimum atomic E-state index is -0.505. The van der Waals surface area contributed by atoms with Crippen molar-refractivity contribution in [3.8, 4) is 0 Å². The van der Waals surface area contributed by atoms with Crippen LogP contribution in [-0.2, 0) is 14.3 Å². The molecule has 2 saturated carbocycles. The molecule has 0 aromatic heterocycles. The number of methoxy groups -OCH3 is 1. The molecule has 0 aromatic carbocycles. The third-order valence-corrected chi connectivity index (χ3v) is 8.89. The first-order valence-electron chi connectivity index (χ1n) is 12.4. The van der Waals surface area contributed by atoms with Gasteiger partial charge in [-0.1, -0.05) is 27.7 Å². The molecule has 3 aliphatic rings. The summed E-state index contributed by atoms with van der Waals surface area (Å²) >= 11 is 0. The second kappa shape index (κ2) is 10.2. The Morgan fingerprint density at radius 1 is 1.16 bits per heavy atom. The highest BCUT2D eigenvalue weighted by Crippen LogP contribution is 2.55. The molecular formula is C25H44N2O4. The summed E-state index contributed by atoms with van der Waals surface area (Å²) in [6.07, 6.45) is 5.92. The molecule has 1 aliphatic heterocycles. The summed E-state index contributed by atoms with van der Waals surface area (Å²) in [7, 11) is 1.60. The zero-order valence-electron chi connectivity index (χ0n) is 20.2. The summed E-state index contributed by atoms with van der Waals surface area (Å²) in [4.78, 5) is 27.5. The number of aliphatic hydroxyl groups excluding tert-OH is 1. The van der Waals surface area contributed by atoms with E-state index in [1.165, 1.54) is 0 Å². The minimum Gasteiger partial charge on any atom is -0.392 e. The van der Waals surface area contributed by atoms with Crippen molar-refractivity contribution in [3.05, 3.63) is 0 Å². The van der Waals surface area contributed by atoms with Gasteiger partial charge in [0.15, 0.2) is 0 Å². The van der Waals surface area contributed by atoms with Crippen LogP contribution >= 0.6 is 0 Å². The largest absolute Gasteiger partial charge is 0.392 e. The summed E-state index contributed by atoms with van der Waals surface area (Å²) in [5.41, 5.74) is 0.0758. The van der Waals surface area contributed by atoms with Crippen molar-refractivity contribution in [3.63, 3.8) is 0 Å². The fourth-order valence-corrected chi connectivity index (χ4v) is 6.67. The van der Waals surface area contributed by atoms with Crippen LogP contribution in [0.15, 0.2) is 0 Å². The number of likely N-dealkylation sites (tertiary alicyclic amines) is 1. The molecule has 0 spiro atoms. The molecule has 2 aliphatic carbocycles. The first kappa shape index (κ1) is 24.5. The van der Waals surface area contributed by atoms with Gasteiger partial charge >= 0.3 is 0 Å². The maximum atomic E-state index is 13.2. The van der Waals surface area contributed by atoms with E-state index in [1.807, 2.05) is 11.8 Å². The van der Waals surface area contributed by atoms with Crippen LogP contribution in [0, 0.1) is 35.0 Å². The van der Waals surface area contributed by atoms with Gasteiger partial charge in [0.2, 0.25) is 11.8 Å². The number of carbonyl (C=O) groups excluding carboxylic acids is 2. The van der Waals surface area contributed by atoms with E-state index in [0.717, 1.165) is 51.6 Å². The second-order valence-corrected chi connectivity index (χ2v) is 11.0. The van der Waals surface area contributed by atoms with Gasteiger partial charge in [-0.2, -0.15) is 0 Å². The average Bonchev–Trinajstić information content (AvgIpc) is 2.74. The number of nitrogens with one attached hydrogen (secondary N) is 1. The highest BCUT2D eigenvalue weighted by molar-refractivity contribution is 5.79. The van der Waals surface area contributed by atoms with Crippen molar-refractivity contribution in [1.29, 1.82) is 0 Å². The van der Waals surface area contributed by atoms with Crippen molar-refractivity contribution in [1.82, 2.24) is 10.2 Å². The molecule has 3 rings (SSSR count). The molecule has 0 radical (unpaired) electrons. The van der Waals surface area contributed by atoms with Gasteiger partial charge in [-0.15, -0.1) is 0 Å². The Bertz CT molecular complexity index is 633. The van der Waals surface area contributed by atoms with E-state index < -0.39 is 6.10 Å². The van der Waals surface area contributed by atoms with Crippen LogP contribution in [0.3, 0.4) is 0 Å². The minimum absolute atomic E-state index is 0.00434. The van der Waals surface area contributed by atoms with Crippen LogP contribution in [0.5, 0.6) is 0 Å². The van der Waals surface area contributed by atoms with Gasteiger partial charge in [0, 0.05) is 38.6 Å². The maximum absolute atomic E-state index is 13.2. The quantitative estimate of drug-likeness (QED) is 0.670. The highest BCUT2D eigenvalue weighted by atomic mass is 16.5. The lowest BCUT2D eigenvalue weighted by atomic mass is 9.51. The van der Waals surface area contributed by atoms with Crippen molar-refractivity contribution in [2.75, 3.05) is 26.8 Å². The first-order valence-corrected chi connectivity index (χ1v) is 12.4. The summed E-state index contributed by atoms with van der Waals surface area (Å²) in [5, 5.41) is 14.7. The molecule has 2 amide bonds. The Balaban J connectivity index is 1.67. The SMILES string of the molecule is COCCC(=O)N[C@H]1CC[C@]2(C)CCC([C@H](C)C(=O)N3CCC(C)CC3)[C@H](O)[C@H]2[C@@H]1C. The highest BCUT2D eigenvalue weighted by Gasteiger charge is 2.54. The normalized spacial score (nSPS) is 37.7. The predicted octanol–water partition coefficient (Wildman–Crippen LogP) is 3.23. The van der Waals surface area contributed by atoms with Crippen LogP contribution in [0.1, 0.15) is 72.6 Å². The van der Waals surface area contributed by atoms with Gasteiger partial charge in [0.1, 0.15) is 0 Å². The summed E-state index contributed by atoms with van der Waals surface area (Å²) in [6, 6.07) is 0.0745. The molecule has 2 N–H and O–H groups in total. The van der Waals surface area contributed by atoms with Crippen LogP contribution < -0.4 is 5.32 Å². The van der Waals surface area contributed by atoms with Crippen molar-refractivity contribution < 1.29 is 19.4 Å². The Morgan fingerprint density at radius 2 is 1.81 bits per heavy atom. The van der Waals surface area contributed by atoms with E-state index in [9.17, 15) is 14.7 Å². The third kappa shape index (κ3) is 5.27. The molecule has 7 atom stereocenters. The van der Waals surface area contributed by atoms with E-state index in [2.05, 4.69) is 26.1 Å². The van der Waals surface area contributed by atoms with Gasteiger partial charge < -0.3 is 20.1 Å². The molecule has 3 fully saturated rings. The molecule has 0 bridgehead atoms. The Kier molecular flexibility index (Phi) is 8.06. The molecule has 1 unspecified atom stereocenters. The smallest absolute Gasteiger partial charge is 0.225 e. The molecule has 31 heavy (non-hydrogen) atoms. The van der Waals surface area contributed by atoms with Crippen molar-refractivity contribution in [2.24, 2.45) is 35.0 Å². The standard InChI is InChI=1S/C25H44N2O4/c1-16-8-13-27(14-9-16)24(30)17(2)19-6-11-25(4)12-7-20(18(3)22(25)23(19)29)26-21(28)10-15-31-5/h16-20,22-23,29H,6-15H2,1-5H3,(H,26,28)/t17-,18+,19?,20-,22+,23-,25-/m0/s1. The summed E-state index contributed by atoms with van der Waals surface area (Å²) < 4.78 is 5.03. The van der Waals surface area contributed by atoms with E-state index in [4.69, 9.17) is 4.74 Å². The molecular weight excluding hydrogens is 392 g/mol. The van der Waals surface area contributed by atoms with E-state index in [1.54, 1.807) is 7.11 Å². The molecule has 6 nitrogen and oxygen atoms in total. The zero-order chi connectivity index (χ0) is 22.8. The average molecular weight is 437 g/mol. The number of nitrogens with zero attached hydrogens (tertiary/aromatic N) is 1.